The zero-order valence-corrected chi connectivity index (χ0v) is 33.9. The van der Waals surface area contributed by atoms with Gasteiger partial charge in [-0.1, -0.05) is 152 Å². The molecule has 0 fully saturated rings. The number of hydrogen-bond donors (Lipinski definition) is 0. The number of nitrogens with zero attached hydrogens (tertiary/aromatic N) is 5. The maximum atomic E-state index is 6.54. The molecule has 0 saturated carbocycles. The van der Waals surface area contributed by atoms with E-state index in [1.165, 1.54) is 32.7 Å². The van der Waals surface area contributed by atoms with E-state index in [-0.39, 0.29) is 0 Å². The normalized spacial score (nSPS) is 11.8. The van der Waals surface area contributed by atoms with Crippen LogP contribution < -0.4 is 0 Å². The number of benzene rings is 9. The Kier molecular flexibility index (Phi) is 7.80. The molecular weight excluding hydrogens is 771 g/mol. The molecule has 0 unspecified atom stereocenters. The molecule has 63 heavy (non-hydrogen) atoms. The first-order chi connectivity index (χ1) is 31.2. The van der Waals surface area contributed by atoms with E-state index < -0.39 is 0 Å². The van der Waals surface area contributed by atoms with Crippen LogP contribution in [0.3, 0.4) is 0 Å². The van der Waals surface area contributed by atoms with Crippen molar-refractivity contribution in [1.82, 2.24) is 24.1 Å². The van der Waals surface area contributed by atoms with Crippen molar-refractivity contribution >= 4 is 65.6 Å². The van der Waals surface area contributed by atoms with Crippen LogP contribution in [0.1, 0.15) is 0 Å². The van der Waals surface area contributed by atoms with E-state index in [0.29, 0.717) is 17.5 Å². The minimum absolute atomic E-state index is 0.601. The third-order valence-electron chi connectivity index (χ3n) is 12.3. The lowest BCUT2D eigenvalue weighted by Crippen LogP contribution is -2.00. The second-order valence-corrected chi connectivity index (χ2v) is 16.0. The van der Waals surface area contributed by atoms with Gasteiger partial charge < -0.3 is 13.6 Å². The first kappa shape index (κ1) is 35.2. The fourth-order valence-electron chi connectivity index (χ4n) is 9.47. The SMILES string of the molecule is c1ccc(-c2cccc(-n3c4ccccc4c4ccc5c6ccccc6n(-c6ccc7oc8ccc(-c9nc(-c%10ccccc%10)nc(-c%10ccccc%10)n9)cc8c7c6)c5c43)c2)cc1. The van der Waals surface area contributed by atoms with Crippen LogP contribution in [0.4, 0.5) is 0 Å². The molecule has 13 rings (SSSR count). The van der Waals surface area contributed by atoms with Gasteiger partial charge in [-0.25, -0.2) is 15.0 Å². The molecule has 9 aromatic carbocycles. The molecule has 13 aromatic rings. The van der Waals surface area contributed by atoms with E-state index in [9.17, 15) is 0 Å². The summed E-state index contributed by atoms with van der Waals surface area (Å²) in [5.41, 5.74) is 13.5. The molecular formula is C57H35N5O. The van der Waals surface area contributed by atoms with Crippen molar-refractivity contribution in [3.8, 4) is 56.7 Å². The van der Waals surface area contributed by atoms with Crippen LogP contribution in [-0.2, 0) is 0 Å². The van der Waals surface area contributed by atoms with Gasteiger partial charge in [-0.3, -0.25) is 0 Å². The molecule has 6 heteroatoms. The lowest BCUT2D eigenvalue weighted by atomic mass is 10.1. The van der Waals surface area contributed by atoms with E-state index in [4.69, 9.17) is 19.4 Å². The predicted molar refractivity (Wildman–Crippen MR) is 258 cm³/mol. The maximum Gasteiger partial charge on any atom is 0.164 e. The van der Waals surface area contributed by atoms with Crippen LogP contribution in [0.2, 0.25) is 0 Å². The van der Waals surface area contributed by atoms with Crippen LogP contribution in [0.5, 0.6) is 0 Å². The van der Waals surface area contributed by atoms with Gasteiger partial charge in [0.05, 0.1) is 22.1 Å². The Morgan fingerprint density at radius 1 is 0.286 bits per heavy atom. The molecule has 0 aliphatic carbocycles. The molecule has 0 amide bonds. The molecule has 0 aliphatic heterocycles. The number of fused-ring (bicyclic) bond motifs is 10. The molecule has 6 nitrogen and oxygen atoms in total. The Labute approximate surface area is 361 Å². The summed E-state index contributed by atoms with van der Waals surface area (Å²) in [4.78, 5) is 15.0. The summed E-state index contributed by atoms with van der Waals surface area (Å²) in [6.07, 6.45) is 0. The summed E-state index contributed by atoms with van der Waals surface area (Å²) in [5, 5.41) is 6.81. The van der Waals surface area contributed by atoms with Crippen molar-refractivity contribution in [1.29, 1.82) is 0 Å². The van der Waals surface area contributed by atoms with Gasteiger partial charge >= 0.3 is 0 Å². The Morgan fingerprint density at radius 3 is 1.33 bits per heavy atom. The molecule has 0 radical (unpaired) electrons. The van der Waals surface area contributed by atoms with E-state index in [0.717, 1.165) is 72.1 Å². The first-order valence-corrected chi connectivity index (χ1v) is 21.2. The van der Waals surface area contributed by atoms with Gasteiger partial charge in [-0.05, 0) is 71.8 Å². The smallest absolute Gasteiger partial charge is 0.164 e. The molecule has 0 atom stereocenters. The third-order valence-corrected chi connectivity index (χ3v) is 12.3. The standard InChI is InChI=1S/C57H35N5O/c1-4-15-36(16-5-1)39-21-14-22-41(33-39)61-49-25-12-10-23-43(49)45-29-30-46-44-24-11-13-26-50(44)62(54(46)53(45)61)42-28-32-52-48(35-42)47-34-40(27-31-51(47)63-52)57-59-55(37-17-6-2-7-18-37)58-56(60-57)38-19-8-3-9-20-38/h1-35H. The number of hydrogen-bond acceptors (Lipinski definition) is 4. The highest BCUT2D eigenvalue weighted by Crippen LogP contribution is 2.43. The number of rotatable bonds is 6. The molecule has 4 heterocycles. The van der Waals surface area contributed by atoms with Crippen LogP contribution in [0.25, 0.3) is 122 Å². The quantitative estimate of drug-likeness (QED) is 0.168. The molecule has 0 N–H and O–H groups in total. The first-order valence-electron chi connectivity index (χ1n) is 21.2. The highest BCUT2D eigenvalue weighted by molar-refractivity contribution is 6.24. The summed E-state index contributed by atoms with van der Waals surface area (Å²) in [5.74, 6) is 1.85. The lowest BCUT2D eigenvalue weighted by molar-refractivity contribution is 0.669. The second kappa shape index (κ2) is 14.0. The van der Waals surface area contributed by atoms with Gasteiger partial charge in [0.2, 0.25) is 0 Å². The number of aromatic nitrogens is 5. The largest absolute Gasteiger partial charge is 0.456 e. The lowest BCUT2D eigenvalue weighted by Gasteiger charge is -2.14. The van der Waals surface area contributed by atoms with Crippen molar-refractivity contribution in [3.63, 3.8) is 0 Å². The summed E-state index contributed by atoms with van der Waals surface area (Å²) < 4.78 is 11.4. The van der Waals surface area contributed by atoms with Gasteiger partial charge in [0, 0.05) is 60.4 Å². The zero-order valence-electron chi connectivity index (χ0n) is 33.9. The number of para-hydroxylation sites is 2. The van der Waals surface area contributed by atoms with Gasteiger partial charge in [0.25, 0.3) is 0 Å². The Morgan fingerprint density at radius 2 is 0.746 bits per heavy atom. The van der Waals surface area contributed by atoms with Crippen LogP contribution >= 0.6 is 0 Å². The molecule has 0 bridgehead atoms. The Balaban J connectivity index is 1.05. The van der Waals surface area contributed by atoms with Gasteiger partial charge in [0.15, 0.2) is 17.5 Å². The second-order valence-electron chi connectivity index (χ2n) is 16.0. The predicted octanol–water partition coefficient (Wildman–Crippen LogP) is 14.6. The minimum Gasteiger partial charge on any atom is -0.456 e. The van der Waals surface area contributed by atoms with Gasteiger partial charge in [0.1, 0.15) is 11.2 Å². The molecule has 4 aromatic heterocycles. The average Bonchev–Trinajstić information content (AvgIpc) is 4.02. The van der Waals surface area contributed by atoms with E-state index in [1.807, 2.05) is 72.8 Å². The highest BCUT2D eigenvalue weighted by atomic mass is 16.3. The zero-order chi connectivity index (χ0) is 41.4. The fraction of sp³-hybridized carbons (Fsp3) is 0. The average molecular weight is 806 g/mol. The Bertz CT molecular complexity index is 3850. The summed E-state index contributed by atoms with van der Waals surface area (Å²) in [6, 6.07) is 74.6. The van der Waals surface area contributed by atoms with E-state index in [2.05, 4.69) is 149 Å². The molecule has 0 aliphatic rings. The van der Waals surface area contributed by atoms with Crippen molar-refractivity contribution in [3.05, 3.63) is 212 Å². The number of furan rings is 1. The Hall–Kier alpha value is -8.61. The topological polar surface area (TPSA) is 61.7 Å². The van der Waals surface area contributed by atoms with Crippen LogP contribution in [0, 0.1) is 0 Å². The van der Waals surface area contributed by atoms with Crippen molar-refractivity contribution in [2.75, 3.05) is 0 Å². The molecule has 0 spiro atoms. The molecule has 0 saturated heterocycles. The van der Waals surface area contributed by atoms with Crippen molar-refractivity contribution < 1.29 is 4.42 Å². The monoisotopic (exact) mass is 805 g/mol. The fourth-order valence-corrected chi connectivity index (χ4v) is 9.47. The summed E-state index contributed by atoms with van der Waals surface area (Å²) in [7, 11) is 0. The van der Waals surface area contributed by atoms with Crippen LogP contribution in [-0.4, -0.2) is 24.1 Å². The highest BCUT2D eigenvalue weighted by Gasteiger charge is 2.22. The maximum absolute atomic E-state index is 6.54. The molecule has 294 valence electrons. The van der Waals surface area contributed by atoms with Crippen LogP contribution in [0.15, 0.2) is 217 Å². The van der Waals surface area contributed by atoms with E-state index >= 15 is 0 Å². The summed E-state index contributed by atoms with van der Waals surface area (Å²) >= 11 is 0. The third kappa shape index (κ3) is 5.62. The van der Waals surface area contributed by atoms with Gasteiger partial charge in [-0.15, -0.1) is 0 Å². The van der Waals surface area contributed by atoms with E-state index in [1.54, 1.807) is 0 Å². The van der Waals surface area contributed by atoms with Crippen molar-refractivity contribution in [2.24, 2.45) is 0 Å². The van der Waals surface area contributed by atoms with Crippen molar-refractivity contribution in [2.45, 2.75) is 0 Å². The van der Waals surface area contributed by atoms with Gasteiger partial charge in [-0.2, -0.15) is 0 Å². The summed E-state index contributed by atoms with van der Waals surface area (Å²) in [6.45, 7) is 0. The minimum atomic E-state index is 0.601.